The van der Waals surface area contributed by atoms with Gasteiger partial charge in [-0.15, -0.1) is 0 Å². The van der Waals surface area contributed by atoms with Gasteiger partial charge in [0.25, 0.3) is 5.69 Å². The van der Waals surface area contributed by atoms with Crippen molar-refractivity contribution >= 4 is 40.3 Å². The van der Waals surface area contributed by atoms with Gasteiger partial charge in [-0.2, -0.15) is 0 Å². The first kappa shape index (κ1) is 15.9. The molecule has 0 atom stereocenters. The SMILES string of the molecule is C[NH+]1CCN(NC(=S)Nc2cc([N+](=O)[O-])ccc2Cl)CC1. The lowest BCUT2D eigenvalue weighted by atomic mass is 10.3. The second-order valence-electron chi connectivity index (χ2n) is 4.93. The van der Waals surface area contributed by atoms with Gasteiger partial charge in [0, 0.05) is 12.1 Å². The van der Waals surface area contributed by atoms with Crippen LogP contribution in [-0.2, 0) is 0 Å². The minimum Gasteiger partial charge on any atom is -0.335 e. The Morgan fingerprint density at radius 2 is 2.14 bits per heavy atom. The van der Waals surface area contributed by atoms with Crippen molar-refractivity contribution in [1.82, 2.24) is 10.4 Å². The fourth-order valence-corrected chi connectivity index (χ4v) is 2.42. The van der Waals surface area contributed by atoms with Crippen molar-refractivity contribution in [2.75, 3.05) is 38.5 Å². The van der Waals surface area contributed by atoms with Gasteiger partial charge in [0.05, 0.1) is 48.9 Å². The van der Waals surface area contributed by atoms with E-state index in [-0.39, 0.29) is 5.69 Å². The van der Waals surface area contributed by atoms with Gasteiger partial charge >= 0.3 is 0 Å². The quantitative estimate of drug-likeness (QED) is 0.420. The number of nitro groups is 1. The molecule has 1 saturated heterocycles. The van der Waals surface area contributed by atoms with E-state index < -0.39 is 4.92 Å². The Morgan fingerprint density at radius 3 is 2.76 bits per heavy atom. The summed E-state index contributed by atoms with van der Waals surface area (Å²) in [7, 11) is 2.15. The highest BCUT2D eigenvalue weighted by atomic mass is 35.5. The lowest BCUT2D eigenvalue weighted by Crippen LogP contribution is -3.12. The van der Waals surface area contributed by atoms with E-state index in [4.69, 9.17) is 23.8 Å². The second-order valence-corrected chi connectivity index (χ2v) is 5.75. The Labute approximate surface area is 133 Å². The van der Waals surface area contributed by atoms with Crippen LogP contribution in [0, 0.1) is 10.1 Å². The molecule has 1 heterocycles. The molecule has 9 heteroatoms. The zero-order valence-corrected chi connectivity index (χ0v) is 13.1. The van der Waals surface area contributed by atoms with Crippen LogP contribution in [0.2, 0.25) is 5.02 Å². The molecule has 0 bridgehead atoms. The molecular weight excluding hydrogens is 314 g/mol. The highest BCUT2D eigenvalue weighted by molar-refractivity contribution is 7.80. The number of likely N-dealkylation sites (N-methyl/N-ethyl adjacent to an activating group) is 1. The predicted molar refractivity (Wildman–Crippen MR) is 85.7 cm³/mol. The number of hydrogen-bond acceptors (Lipinski definition) is 4. The van der Waals surface area contributed by atoms with Crippen molar-refractivity contribution in [2.24, 2.45) is 0 Å². The number of hydrogen-bond donors (Lipinski definition) is 3. The van der Waals surface area contributed by atoms with Crippen LogP contribution in [0.4, 0.5) is 11.4 Å². The Morgan fingerprint density at radius 1 is 1.48 bits per heavy atom. The molecule has 0 aliphatic carbocycles. The molecule has 3 N–H and O–H groups in total. The van der Waals surface area contributed by atoms with Crippen LogP contribution in [0.1, 0.15) is 0 Å². The molecule has 1 aliphatic rings. The van der Waals surface area contributed by atoms with E-state index >= 15 is 0 Å². The largest absolute Gasteiger partial charge is 0.335 e. The van der Waals surface area contributed by atoms with E-state index in [2.05, 4.69) is 17.8 Å². The van der Waals surface area contributed by atoms with Crippen LogP contribution in [0.15, 0.2) is 18.2 Å². The number of rotatable bonds is 3. The highest BCUT2D eigenvalue weighted by Crippen LogP contribution is 2.26. The van der Waals surface area contributed by atoms with Crippen molar-refractivity contribution in [3.63, 3.8) is 0 Å². The molecule has 1 aromatic carbocycles. The number of nitro benzene ring substituents is 1. The summed E-state index contributed by atoms with van der Waals surface area (Å²) in [6.45, 7) is 3.84. The summed E-state index contributed by atoms with van der Waals surface area (Å²) in [6, 6.07) is 4.20. The molecular formula is C12H17ClN5O2S+. The Kier molecular flexibility index (Phi) is 5.29. The van der Waals surface area contributed by atoms with Crippen molar-refractivity contribution in [1.29, 1.82) is 0 Å². The van der Waals surface area contributed by atoms with Crippen LogP contribution in [-0.4, -0.2) is 48.3 Å². The Bertz CT molecular complexity index is 548. The lowest BCUT2D eigenvalue weighted by Gasteiger charge is -2.31. The molecule has 0 radical (unpaired) electrons. The maximum atomic E-state index is 10.8. The van der Waals surface area contributed by atoms with Crippen molar-refractivity contribution < 1.29 is 9.82 Å². The number of thiocarbonyl (C=S) groups is 1. The Balaban J connectivity index is 1.96. The van der Waals surface area contributed by atoms with Crippen LogP contribution in [0.3, 0.4) is 0 Å². The van der Waals surface area contributed by atoms with Gasteiger partial charge in [-0.25, -0.2) is 5.01 Å². The third kappa shape index (κ3) is 4.50. The number of nitrogens with zero attached hydrogens (tertiary/aromatic N) is 2. The van der Waals surface area contributed by atoms with E-state index in [1.807, 2.05) is 5.01 Å². The molecule has 0 saturated carbocycles. The summed E-state index contributed by atoms with van der Waals surface area (Å²) < 4.78 is 0. The second kappa shape index (κ2) is 6.99. The minimum atomic E-state index is -0.471. The fourth-order valence-electron chi connectivity index (χ4n) is 2.02. The van der Waals surface area contributed by atoms with Gasteiger partial charge < -0.3 is 10.2 Å². The summed E-state index contributed by atoms with van der Waals surface area (Å²) in [6.07, 6.45) is 0. The number of nitrogens with one attached hydrogen (secondary N) is 3. The number of anilines is 1. The van der Waals surface area contributed by atoms with Crippen molar-refractivity contribution in [2.45, 2.75) is 0 Å². The third-order valence-electron chi connectivity index (χ3n) is 3.29. The molecule has 7 nitrogen and oxygen atoms in total. The van der Waals surface area contributed by atoms with Gasteiger partial charge in [-0.3, -0.25) is 15.5 Å². The van der Waals surface area contributed by atoms with Crippen LogP contribution >= 0.6 is 23.8 Å². The first-order chi connectivity index (χ1) is 9.95. The molecule has 1 aliphatic heterocycles. The number of halogens is 1. The topological polar surface area (TPSA) is 74.9 Å². The van der Waals surface area contributed by atoms with E-state index in [0.717, 1.165) is 26.2 Å². The van der Waals surface area contributed by atoms with Crippen LogP contribution in [0.25, 0.3) is 0 Å². The van der Waals surface area contributed by atoms with E-state index in [1.165, 1.54) is 23.1 Å². The molecule has 0 spiro atoms. The monoisotopic (exact) mass is 330 g/mol. The molecule has 114 valence electrons. The molecule has 0 amide bonds. The van der Waals surface area contributed by atoms with Crippen LogP contribution < -0.4 is 15.6 Å². The van der Waals surface area contributed by atoms with E-state index in [1.54, 1.807) is 0 Å². The van der Waals surface area contributed by atoms with Crippen molar-refractivity contribution in [3.05, 3.63) is 33.3 Å². The molecule has 0 unspecified atom stereocenters. The summed E-state index contributed by atoms with van der Waals surface area (Å²) >= 11 is 11.2. The maximum absolute atomic E-state index is 10.8. The molecule has 1 aromatic rings. The van der Waals surface area contributed by atoms with E-state index in [9.17, 15) is 10.1 Å². The zero-order chi connectivity index (χ0) is 15.4. The van der Waals surface area contributed by atoms with Crippen LogP contribution in [0.5, 0.6) is 0 Å². The summed E-state index contributed by atoms with van der Waals surface area (Å²) in [5.74, 6) is 0. The lowest BCUT2D eigenvalue weighted by molar-refractivity contribution is -0.884. The van der Waals surface area contributed by atoms with E-state index in [0.29, 0.717) is 15.8 Å². The summed E-state index contributed by atoms with van der Waals surface area (Å²) in [4.78, 5) is 11.8. The summed E-state index contributed by atoms with van der Waals surface area (Å²) in [5, 5.41) is 16.4. The third-order valence-corrected chi connectivity index (χ3v) is 3.81. The van der Waals surface area contributed by atoms with Crippen molar-refractivity contribution in [3.8, 4) is 0 Å². The number of hydrazine groups is 1. The minimum absolute atomic E-state index is 0.0344. The Hall–Kier alpha value is -1.48. The van der Waals surface area contributed by atoms with Gasteiger partial charge in [0.1, 0.15) is 0 Å². The first-order valence-corrected chi connectivity index (χ1v) is 7.32. The average molecular weight is 331 g/mol. The normalized spacial score (nSPS) is 16.5. The zero-order valence-electron chi connectivity index (χ0n) is 11.6. The number of non-ortho nitro benzene ring substituents is 1. The first-order valence-electron chi connectivity index (χ1n) is 6.53. The highest BCUT2D eigenvalue weighted by Gasteiger charge is 2.17. The van der Waals surface area contributed by atoms with Gasteiger partial charge in [0.2, 0.25) is 0 Å². The van der Waals surface area contributed by atoms with Gasteiger partial charge in [0.15, 0.2) is 5.11 Å². The number of piperazine rings is 1. The molecule has 1 fully saturated rings. The molecule has 0 aromatic heterocycles. The number of benzene rings is 1. The predicted octanol–water partition coefficient (Wildman–Crippen LogP) is 0.280. The smallest absolute Gasteiger partial charge is 0.271 e. The summed E-state index contributed by atoms with van der Waals surface area (Å²) in [5.41, 5.74) is 3.46. The average Bonchev–Trinajstić information content (AvgIpc) is 2.43. The number of quaternary nitrogens is 1. The molecule has 21 heavy (non-hydrogen) atoms. The van der Waals surface area contributed by atoms with Gasteiger partial charge in [-0.05, 0) is 18.3 Å². The fraction of sp³-hybridized carbons (Fsp3) is 0.417. The standard InChI is InChI=1S/C12H16ClN5O2S/c1-16-4-6-17(7-5-16)15-12(21)14-11-8-9(18(19)20)2-3-10(11)13/h2-3,8H,4-7H2,1H3,(H2,14,15,21)/p+1. The molecule has 2 rings (SSSR count). The maximum Gasteiger partial charge on any atom is 0.271 e. The van der Waals surface area contributed by atoms with Gasteiger partial charge in [-0.1, -0.05) is 11.6 Å².